The molecule has 0 saturated carbocycles. The highest BCUT2D eigenvalue weighted by atomic mass is 14.6. The highest BCUT2D eigenvalue weighted by molar-refractivity contribution is 6.27. The Balaban J connectivity index is 1.00. The Labute approximate surface area is 451 Å². The van der Waals surface area contributed by atoms with Crippen LogP contribution >= 0.6 is 0 Å². The number of nitrogens with zero attached hydrogens (tertiary/aromatic N) is 4. The van der Waals surface area contributed by atoms with Crippen LogP contribution in [0.25, 0.3) is 154 Å². The van der Waals surface area contributed by atoms with Gasteiger partial charge in [-0.1, -0.05) is 158 Å². The summed E-state index contributed by atoms with van der Waals surface area (Å²) in [6.07, 6.45) is 15.2. The summed E-state index contributed by atoms with van der Waals surface area (Å²) in [6.45, 7) is 0. The Morgan fingerprint density at radius 1 is 0.141 bits per heavy atom. The first kappa shape index (κ1) is 45.0. The molecule has 15 aromatic rings. The lowest BCUT2D eigenvalue weighted by molar-refractivity contribution is 1.33. The van der Waals surface area contributed by atoms with Gasteiger partial charge in [0.1, 0.15) is 0 Å². The van der Waals surface area contributed by atoms with Crippen LogP contribution in [0.4, 0.5) is 0 Å². The van der Waals surface area contributed by atoms with Crippen molar-refractivity contribution in [2.24, 2.45) is 0 Å². The molecule has 0 N–H and O–H groups in total. The van der Waals surface area contributed by atoms with E-state index < -0.39 is 0 Å². The van der Waals surface area contributed by atoms with Crippen LogP contribution in [-0.2, 0) is 0 Å². The normalized spacial score (nSPS) is 11.6. The number of aromatic nitrogens is 4. The minimum Gasteiger partial charge on any atom is -0.265 e. The van der Waals surface area contributed by atoms with Gasteiger partial charge in [0.2, 0.25) is 0 Å². The summed E-state index contributed by atoms with van der Waals surface area (Å²) in [7, 11) is 0. The van der Waals surface area contributed by atoms with Crippen molar-refractivity contribution in [1.29, 1.82) is 0 Å². The Morgan fingerprint density at radius 2 is 0.359 bits per heavy atom. The van der Waals surface area contributed by atoms with Crippen LogP contribution < -0.4 is 0 Å². The molecule has 11 aromatic carbocycles. The fourth-order valence-corrected chi connectivity index (χ4v) is 12.5. The van der Waals surface area contributed by atoms with E-state index in [0.29, 0.717) is 0 Å². The summed E-state index contributed by atoms with van der Waals surface area (Å²) in [6, 6.07) is 84.7. The molecule has 0 spiro atoms. The van der Waals surface area contributed by atoms with Gasteiger partial charge in [-0.3, -0.25) is 19.9 Å². The Hall–Kier alpha value is -10.4. The number of hydrogen-bond acceptors (Lipinski definition) is 4. The first-order valence-electron chi connectivity index (χ1n) is 26.5. The zero-order chi connectivity index (χ0) is 51.5. The molecule has 0 atom stereocenters. The Morgan fingerprint density at radius 3 is 0.641 bits per heavy atom. The van der Waals surface area contributed by atoms with Crippen molar-refractivity contribution < 1.29 is 0 Å². The van der Waals surface area contributed by atoms with Crippen molar-refractivity contribution in [1.82, 2.24) is 19.9 Å². The first-order valence-corrected chi connectivity index (χ1v) is 26.5. The molecule has 0 radical (unpaired) electrons. The zero-order valence-corrected chi connectivity index (χ0v) is 42.3. The molecule has 4 nitrogen and oxygen atoms in total. The second-order valence-corrected chi connectivity index (χ2v) is 20.1. The Bertz CT molecular complexity index is 4430. The molecule has 4 aromatic heterocycles. The molecule has 4 heteroatoms. The van der Waals surface area contributed by atoms with Gasteiger partial charge in [0.15, 0.2) is 0 Å². The van der Waals surface area contributed by atoms with Gasteiger partial charge in [-0.25, -0.2) is 0 Å². The highest BCUT2D eigenvalue weighted by Gasteiger charge is 2.24. The molecular formula is C74H46N4. The molecule has 362 valence electrons. The number of rotatable bonds is 8. The number of benzene rings is 11. The molecule has 0 aliphatic heterocycles. The number of fused-ring (bicyclic) bond motifs is 6. The van der Waals surface area contributed by atoms with E-state index in [1.165, 1.54) is 120 Å². The maximum absolute atomic E-state index is 4.49. The van der Waals surface area contributed by atoms with Gasteiger partial charge in [0.25, 0.3) is 0 Å². The van der Waals surface area contributed by atoms with E-state index in [-0.39, 0.29) is 0 Å². The van der Waals surface area contributed by atoms with E-state index in [4.69, 9.17) is 0 Å². The summed E-state index contributed by atoms with van der Waals surface area (Å²) in [5.74, 6) is 0. The third-order valence-corrected chi connectivity index (χ3v) is 15.8. The smallest absolute Gasteiger partial charge is 0.0273 e. The first-order chi connectivity index (χ1) is 38.7. The van der Waals surface area contributed by atoms with Crippen molar-refractivity contribution in [3.05, 3.63) is 280 Å². The van der Waals surface area contributed by atoms with Gasteiger partial charge >= 0.3 is 0 Å². The standard InChI is InChI=1S/C74H46N4/c1-3-11-47(12-4-1)53-19-23-61-65(43-53)69(49-27-35-75-36-28-49)63-25-21-55(45-67(63)71(61)51-31-39-77-40-32-51)73-57-15-7-9-17-59(57)74(60-18-10-8-16-58(60)73)56-22-26-64-68(46-56)72(52-33-41-78-42-34-52)62-24-20-54(48-13-5-2-6-14-48)44-66(62)70(64)50-29-37-76-38-30-50/h1-46H. The van der Waals surface area contributed by atoms with Gasteiger partial charge in [-0.15, -0.1) is 0 Å². The van der Waals surface area contributed by atoms with Crippen molar-refractivity contribution in [2.75, 3.05) is 0 Å². The van der Waals surface area contributed by atoms with Crippen LogP contribution in [0.2, 0.25) is 0 Å². The monoisotopic (exact) mass is 990 g/mol. The van der Waals surface area contributed by atoms with Gasteiger partial charge < -0.3 is 0 Å². The topological polar surface area (TPSA) is 51.6 Å². The largest absolute Gasteiger partial charge is 0.265 e. The van der Waals surface area contributed by atoms with Crippen LogP contribution in [0.1, 0.15) is 0 Å². The van der Waals surface area contributed by atoms with Crippen LogP contribution in [-0.4, -0.2) is 19.9 Å². The highest BCUT2D eigenvalue weighted by Crippen LogP contribution is 2.51. The zero-order valence-electron chi connectivity index (χ0n) is 42.3. The van der Waals surface area contributed by atoms with Crippen LogP contribution in [0.15, 0.2) is 280 Å². The molecule has 0 amide bonds. The summed E-state index contributed by atoms with van der Waals surface area (Å²) in [4.78, 5) is 17.9. The maximum Gasteiger partial charge on any atom is 0.0273 e. The molecule has 0 unspecified atom stereocenters. The van der Waals surface area contributed by atoms with Gasteiger partial charge in [0, 0.05) is 49.6 Å². The van der Waals surface area contributed by atoms with Crippen molar-refractivity contribution in [3.8, 4) is 89.0 Å². The molecule has 0 fully saturated rings. The second-order valence-electron chi connectivity index (χ2n) is 20.1. The maximum atomic E-state index is 4.49. The molecule has 0 aliphatic carbocycles. The molecule has 0 aliphatic rings. The van der Waals surface area contributed by atoms with E-state index in [0.717, 1.165) is 33.4 Å². The minimum atomic E-state index is 1.12. The average Bonchev–Trinajstić information content (AvgIpc) is 3.71. The molecule has 0 bridgehead atoms. The summed E-state index contributed by atoms with van der Waals surface area (Å²) >= 11 is 0. The van der Waals surface area contributed by atoms with Crippen molar-refractivity contribution >= 4 is 64.6 Å². The van der Waals surface area contributed by atoms with E-state index in [1.807, 2.05) is 49.6 Å². The third kappa shape index (κ3) is 7.45. The van der Waals surface area contributed by atoms with Gasteiger partial charge in [-0.05, 0) is 226 Å². The summed E-state index contributed by atoms with van der Waals surface area (Å²) < 4.78 is 0. The summed E-state index contributed by atoms with van der Waals surface area (Å²) in [5, 5.41) is 14.2. The van der Waals surface area contributed by atoms with Crippen molar-refractivity contribution in [2.45, 2.75) is 0 Å². The van der Waals surface area contributed by atoms with Gasteiger partial charge in [-0.2, -0.15) is 0 Å². The lowest BCUT2D eigenvalue weighted by Gasteiger charge is -2.22. The number of hydrogen-bond donors (Lipinski definition) is 0. The predicted octanol–water partition coefficient (Wildman–Crippen LogP) is 19.5. The van der Waals surface area contributed by atoms with E-state index in [2.05, 4.69) is 250 Å². The molecule has 4 heterocycles. The third-order valence-electron chi connectivity index (χ3n) is 15.8. The lowest BCUT2D eigenvalue weighted by atomic mass is 9.81. The van der Waals surface area contributed by atoms with Crippen molar-refractivity contribution in [3.63, 3.8) is 0 Å². The van der Waals surface area contributed by atoms with E-state index in [1.54, 1.807) is 0 Å². The van der Waals surface area contributed by atoms with Crippen LogP contribution in [0.5, 0.6) is 0 Å². The van der Waals surface area contributed by atoms with Gasteiger partial charge in [0.05, 0.1) is 0 Å². The summed E-state index contributed by atoms with van der Waals surface area (Å²) in [5.41, 5.74) is 18.7. The Kier molecular flexibility index (Phi) is 10.8. The lowest BCUT2D eigenvalue weighted by Crippen LogP contribution is -1.95. The van der Waals surface area contributed by atoms with E-state index in [9.17, 15) is 0 Å². The molecule has 0 saturated heterocycles. The molecule has 15 rings (SSSR count). The fourth-order valence-electron chi connectivity index (χ4n) is 12.5. The van der Waals surface area contributed by atoms with E-state index >= 15 is 0 Å². The molecular weight excluding hydrogens is 945 g/mol. The predicted molar refractivity (Wildman–Crippen MR) is 326 cm³/mol. The minimum absolute atomic E-state index is 1.12. The van der Waals surface area contributed by atoms with Crippen LogP contribution in [0.3, 0.4) is 0 Å². The second kappa shape index (κ2) is 18.7. The SMILES string of the molecule is c1ccc(-c2ccc3c(-c4ccncc4)c4cc(-c5c6ccccc6c(-c6ccc7c(-c8ccncc8)c8cc(-c9ccccc9)ccc8c(-c8ccncc8)c7c6)c6ccccc56)ccc4c(-c4ccncc4)c3c2)cc1. The fraction of sp³-hybridized carbons (Fsp3) is 0. The number of pyridine rings is 4. The average molecular weight is 991 g/mol. The molecule has 78 heavy (non-hydrogen) atoms. The van der Waals surface area contributed by atoms with Crippen LogP contribution in [0, 0.1) is 0 Å². The quantitative estimate of drug-likeness (QED) is 0.142.